The number of morpholine rings is 1. The van der Waals surface area contributed by atoms with Gasteiger partial charge in [0.1, 0.15) is 13.2 Å². The zero-order valence-corrected chi connectivity index (χ0v) is 14.1. The highest BCUT2D eigenvalue weighted by molar-refractivity contribution is 5.98. The summed E-state index contributed by atoms with van der Waals surface area (Å²) in [4.78, 5) is 39.3. The molecule has 0 saturated carbocycles. The van der Waals surface area contributed by atoms with Gasteiger partial charge in [0.05, 0.1) is 0 Å². The minimum atomic E-state index is -0.438. The van der Waals surface area contributed by atoms with Crippen LogP contribution in [-0.4, -0.2) is 65.5 Å². The number of hydrogen-bond donors (Lipinski definition) is 0. The quantitative estimate of drug-likeness (QED) is 0.523. The van der Waals surface area contributed by atoms with E-state index < -0.39 is 5.66 Å². The number of likely N-dealkylation sites (tertiary alicyclic amines) is 1. The molecule has 0 radical (unpaired) electrons. The Kier molecular flexibility index (Phi) is 5.13. The molecule has 8 heteroatoms. The number of imide groups is 1. The molecule has 0 atom stereocenters. The number of ether oxygens (including phenoxy) is 1. The Morgan fingerprint density at radius 1 is 1.20 bits per heavy atom. The molecule has 0 aliphatic carbocycles. The van der Waals surface area contributed by atoms with Gasteiger partial charge < -0.3 is 9.64 Å². The van der Waals surface area contributed by atoms with Gasteiger partial charge in [0.15, 0.2) is 5.66 Å². The van der Waals surface area contributed by atoms with Gasteiger partial charge in [-0.25, -0.2) is 0 Å². The Hall–Kier alpha value is -2.27. The summed E-state index contributed by atoms with van der Waals surface area (Å²) in [5.74, 6) is 2.07. The van der Waals surface area contributed by atoms with E-state index in [1.807, 2.05) is 0 Å². The minimum Gasteiger partial charge on any atom is -0.362 e. The molecule has 0 unspecified atom stereocenters. The molecule has 0 bridgehead atoms. The first kappa shape index (κ1) is 17.5. The van der Waals surface area contributed by atoms with Crippen molar-refractivity contribution in [2.45, 2.75) is 50.2 Å². The molecule has 134 valence electrons. The molecule has 3 amide bonds. The average molecular weight is 346 g/mol. The Morgan fingerprint density at radius 3 is 2.40 bits per heavy atom. The fourth-order valence-electron chi connectivity index (χ4n) is 3.42. The Morgan fingerprint density at radius 2 is 1.84 bits per heavy atom. The van der Waals surface area contributed by atoms with Crippen molar-refractivity contribution < 1.29 is 19.1 Å². The fourth-order valence-corrected chi connectivity index (χ4v) is 3.42. The van der Waals surface area contributed by atoms with E-state index in [4.69, 9.17) is 11.2 Å². The van der Waals surface area contributed by atoms with Crippen LogP contribution in [0.25, 0.3) is 0 Å². The van der Waals surface area contributed by atoms with Crippen LogP contribution in [0.3, 0.4) is 0 Å². The Labute approximate surface area is 146 Å². The highest BCUT2D eigenvalue weighted by atomic mass is 16.5. The summed E-state index contributed by atoms with van der Waals surface area (Å²) in [7, 11) is 0. The van der Waals surface area contributed by atoms with Gasteiger partial charge in [-0.3, -0.25) is 19.3 Å². The highest BCUT2D eigenvalue weighted by Crippen LogP contribution is 2.37. The van der Waals surface area contributed by atoms with Crippen molar-refractivity contribution in [2.24, 2.45) is 10.2 Å². The second-order valence-corrected chi connectivity index (χ2v) is 6.65. The SMILES string of the molecule is C#CCCC1(CCC(=O)N2CCC(N3C(=O)COCC3=O)CC2)N=N1. The molecular weight excluding hydrogens is 324 g/mol. The number of carbonyl (C=O) groups excluding carboxylic acids is 3. The molecule has 0 N–H and O–H groups in total. The third-order valence-electron chi connectivity index (χ3n) is 4.96. The maximum Gasteiger partial charge on any atom is 0.255 e. The monoisotopic (exact) mass is 346 g/mol. The molecule has 3 aliphatic heterocycles. The lowest BCUT2D eigenvalue weighted by Gasteiger charge is -2.38. The second-order valence-electron chi connectivity index (χ2n) is 6.65. The maximum atomic E-state index is 12.4. The van der Waals surface area contributed by atoms with E-state index in [-0.39, 0.29) is 37.0 Å². The molecule has 3 aliphatic rings. The number of carbonyl (C=O) groups is 3. The lowest BCUT2D eigenvalue weighted by Crippen LogP contribution is -2.55. The lowest BCUT2D eigenvalue weighted by molar-refractivity contribution is -0.162. The van der Waals surface area contributed by atoms with Crippen LogP contribution in [0, 0.1) is 12.3 Å². The molecule has 25 heavy (non-hydrogen) atoms. The molecule has 2 fully saturated rings. The lowest BCUT2D eigenvalue weighted by atomic mass is 9.99. The summed E-state index contributed by atoms with van der Waals surface area (Å²) in [5.41, 5.74) is -0.438. The number of piperidine rings is 1. The first-order valence-corrected chi connectivity index (χ1v) is 8.62. The smallest absolute Gasteiger partial charge is 0.255 e. The number of rotatable bonds is 6. The van der Waals surface area contributed by atoms with Crippen LogP contribution in [-0.2, 0) is 19.1 Å². The third-order valence-corrected chi connectivity index (χ3v) is 4.96. The first-order valence-electron chi connectivity index (χ1n) is 8.62. The molecule has 0 aromatic rings. The maximum absolute atomic E-state index is 12.4. The van der Waals surface area contributed by atoms with E-state index in [9.17, 15) is 14.4 Å². The van der Waals surface area contributed by atoms with Gasteiger partial charge in [-0.05, 0) is 12.8 Å². The van der Waals surface area contributed by atoms with Gasteiger partial charge in [0, 0.05) is 44.8 Å². The molecule has 8 nitrogen and oxygen atoms in total. The summed E-state index contributed by atoms with van der Waals surface area (Å²) in [6.07, 6.45) is 8.76. The Bertz CT molecular complexity index is 609. The second kappa shape index (κ2) is 7.31. The summed E-state index contributed by atoms with van der Waals surface area (Å²) < 4.78 is 4.94. The van der Waals surface area contributed by atoms with Crippen LogP contribution >= 0.6 is 0 Å². The molecule has 0 aromatic heterocycles. The summed E-state index contributed by atoms with van der Waals surface area (Å²) in [6, 6.07) is -0.136. The van der Waals surface area contributed by atoms with E-state index in [0.717, 1.165) is 0 Å². The molecule has 0 aromatic carbocycles. The zero-order valence-electron chi connectivity index (χ0n) is 14.1. The topological polar surface area (TPSA) is 91.6 Å². The van der Waals surface area contributed by atoms with Gasteiger partial charge in [-0.2, -0.15) is 10.2 Å². The van der Waals surface area contributed by atoms with Crippen LogP contribution in [0.15, 0.2) is 10.2 Å². The van der Waals surface area contributed by atoms with Crippen molar-refractivity contribution in [3.63, 3.8) is 0 Å². The van der Waals surface area contributed by atoms with Crippen molar-refractivity contribution >= 4 is 17.7 Å². The van der Waals surface area contributed by atoms with Gasteiger partial charge in [-0.15, -0.1) is 12.3 Å². The minimum absolute atomic E-state index is 0.0440. The van der Waals surface area contributed by atoms with Crippen molar-refractivity contribution in [3.05, 3.63) is 0 Å². The van der Waals surface area contributed by atoms with Crippen molar-refractivity contribution in [1.29, 1.82) is 0 Å². The van der Waals surface area contributed by atoms with Crippen molar-refractivity contribution in [3.8, 4) is 12.3 Å². The average Bonchev–Trinajstić information content (AvgIpc) is 3.39. The highest BCUT2D eigenvalue weighted by Gasteiger charge is 2.40. The predicted molar refractivity (Wildman–Crippen MR) is 87.2 cm³/mol. The van der Waals surface area contributed by atoms with E-state index in [1.54, 1.807) is 4.90 Å². The molecule has 3 rings (SSSR count). The van der Waals surface area contributed by atoms with Crippen molar-refractivity contribution in [2.75, 3.05) is 26.3 Å². The van der Waals surface area contributed by atoms with Gasteiger partial charge >= 0.3 is 0 Å². The number of terminal acetylenes is 1. The van der Waals surface area contributed by atoms with Crippen molar-refractivity contribution in [1.82, 2.24) is 9.80 Å². The van der Waals surface area contributed by atoms with Gasteiger partial charge in [-0.1, -0.05) is 0 Å². The van der Waals surface area contributed by atoms with Gasteiger partial charge in [0.25, 0.3) is 11.8 Å². The van der Waals surface area contributed by atoms with Crippen LogP contribution in [0.5, 0.6) is 0 Å². The third kappa shape index (κ3) is 4.04. The van der Waals surface area contributed by atoms with Crippen LogP contribution < -0.4 is 0 Å². The summed E-state index contributed by atoms with van der Waals surface area (Å²) in [5, 5.41) is 8.09. The fraction of sp³-hybridized carbons (Fsp3) is 0.706. The molecular formula is C17H22N4O4. The Balaban J connectivity index is 1.44. The molecule has 2 saturated heterocycles. The number of nitrogens with zero attached hydrogens (tertiary/aromatic N) is 4. The van der Waals surface area contributed by atoms with E-state index in [1.165, 1.54) is 4.90 Å². The predicted octanol–water partition coefficient (Wildman–Crippen LogP) is 0.718. The van der Waals surface area contributed by atoms with E-state index in [0.29, 0.717) is 51.6 Å². The molecule has 3 heterocycles. The first-order chi connectivity index (χ1) is 12.0. The standard InChI is InChI=1S/C17H22N4O4/c1-2-3-7-17(18-19-17)8-4-14(22)20-9-5-13(6-10-20)21-15(23)11-25-12-16(21)24/h1,13H,3-12H2. The zero-order chi connectivity index (χ0) is 17.9. The summed E-state index contributed by atoms with van der Waals surface area (Å²) in [6.45, 7) is 1.01. The van der Waals surface area contributed by atoms with E-state index >= 15 is 0 Å². The number of hydrogen-bond acceptors (Lipinski definition) is 6. The van der Waals surface area contributed by atoms with Crippen LogP contribution in [0.4, 0.5) is 0 Å². The normalized spacial score (nSPS) is 22.8. The molecule has 0 spiro atoms. The number of amides is 3. The van der Waals surface area contributed by atoms with Crippen LogP contribution in [0.1, 0.15) is 38.5 Å². The largest absolute Gasteiger partial charge is 0.362 e. The van der Waals surface area contributed by atoms with E-state index in [2.05, 4.69) is 16.1 Å². The van der Waals surface area contributed by atoms with Gasteiger partial charge in [0.2, 0.25) is 5.91 Å². The van der Waals surface area contributed by atoms with Crippen LogP contribution in [0.2, 0.25) is 0 Å². The summed E-state index contributed by atoms with van der Waals surface area (Å²) >= 11 is 0.